The number of esters is 1. The molecule has 1 aromatic carbocycles. The molecule has 7 nitrogen and oxygen atoms in total. The van der Waals surface area contributed by atoms with Crippen LogP contribution in [0.25, 0.3) is 0 Å². The highest BCUT2D eigenvalue weighted by Crippen LogP contribution is 2.19. The minimum Gasteiger partial charge on any atom is -0.494 e. The van der Waals surface area contributed by atoms with Crippen molar-refractivity contribution in [2.24, 2.45) is 10.9 Å². The average Bonchev–Trinajstić information content (AvgIpc) is 2.75. The standard InChI is InChI=1S/C23H38N4O3.HI/c1-5-24-23(27-15-12-20(13-16-27)22(28)29-6-2)25-18-19-8-10-21(11-9-19)30-17-7-14-26(3)4;/h8-11,20H,5-7,12-18H2,1-4H3,(H,24,25);1H. The van der Waals surface area contributed by atoms with Gasteiger partial charge in [-0.05, 0) is 64.9 Å². The lowest BCUT2D eigenvalue weighted by molar-refractivity contribution is -0.149. The molecule has 0 amide bonds. The van der Waals surface area contributed by atoms with Gasteiger partial charge in [0.25, 0.3) is 0 Å². The molecule has 8 heteroatoms. The molecular formula is C23H39IN4O3. The first-order valence-electron chi connectivity index (χ1n) is 11.1. The lowest BCUT2D eigenvalue weighted by Crippen LogP contribution is -2.46. The summed E-state index contributed by atoms with van der Waals surface area (Å²) in [5.41, 5.74) is 1.15. The summed E-state index contributed by atoms with van der Waals surface area (Å²) in [5, 5.41) is 3.38. The molecule has 1 fully saturated rings. The van der Waals surface area contributed by atoms with Crippen molar-refractivity contribution in [3.63, 3.8) is 0 Å². The predicted molar refractivity (Wildman–Crippen MR) is 136 cm³/mol. The van der Waals surface area contributed by atoms with Crippen LogP contribution in [-0.2, 0) is 16.1 Å². The van der Waals surface area contributed by atoms with Crippen molar-refractivity contribution >= 4 is 35.9 Å². The molecule has 0 radical (unpaired) electrons. The predicted octanol–water partition coefficient (Wildman–Crippen LogP) is 3.38. The Hall–Kier alpha value is -1.55. The van der Waals surface area contributed by atoms with E-state index in [9.17, 15) is 4.79 Å². The maximum absolute atomic E-state index is 12.0. The fourth-order valence-corrected chi connectivity index (χ4v) is 3.44. The molecule has 1 N–H and O–H groups in total. The minimum absolute atomic E-state index is 0. The van der Waals surface area contributed by atoms with Crippen molar-refractivity contribution in [1.29, 1.82) is 0 Å². The van der Waals surface area contributed by atoms with Crippen molar-refractivity contribution < 1.29 is 14.3 Å². The lowest BCUT2D eigenvalue weighted by atomic mass is 9.97. The smallest absolute Gasteiger partial charge is 0.309 e. The second kappa shape index (κ2) is 15.3. The third kappa shape index (κ3) is 10.1. The fourth-order valence-electron chi connectivity index (χ4n) is 3.44. The number of likely N-dealkylation sites (tertiary alicyclic amines) is 1. The SMILES string of the molecule is CCNC(=NCc1ccc(OCCCN(C)C)cc1)N1CCC(C(=O)OCC)CC1.I. The fraction of sp³-hybridized carbons (Fsp3) is 0.652. The van der Waals surface area contributed by atoms with Crippen LogP contribution in [0, 0.1) is 5.92 Å². The summed E-state index contributed by atoms with van der Waals surface area (Å²) in [6.07, 6.45) is 2.63. The van der Waals surface area contributed by atoms with Crippen LogP contribution in [0.5, 0.6) is 5.75 Å². The molecule has 0 aromatic heterocycles. The van der Waals surface area contributed by atoms with Gasteiger partial charge in [0.05, 0.1) is 25.7 Å². The third-order valence-electron chi connectivity index (χ3n) is 5.10. The number of hydrogen-bond donors (Lipinski definition) is 1. The number of ether oxygens (including phenoxy) is 2. The van der Waals surface area contributed by atoms with Crippen molar-refractivity contribution in [3.05, 3.63) is 29.8 Å². The maximum atomic E-state index is 12.0. The highest BCUT2D eigenvalue weighted by Gasteiger charge is 2.27. The molecule has 31 heavy (non-hydrogen) atoms. The molecule has 0 spiro atoms. The summed E-state index contributed by atoms with van der Waals surface area (Å²) in [4.78, 5) is 21.2. The summed E-state index contributed by atoms with van der Waals surface area (Å²) in [6, 6.07) is 8.17. The third-order valence-corrected chi connectivity index (χ3v) is 5.10. The van der Waals surface area contributed by atoms with Crippen LogP contribution in [0.3, 0.4) is 0 Å². The number of aliphatic imine (C=N–C) groups is 1. The molecule has 1 heterocycles. The summed E-state index contributed by atoms with van der Waals surface area (Å²) in [5.74, 6) is 1.75. The Labute approximate surface area is 204 Å². The van der Waals surface area contributed by atoms with Crippen LogP contribution < -0.4 is 10.1 Å². The van der Waals surface area contributed by atoms with E-state index < -0.39 is 0 Å². The van der Waals surface area contributed by atoms with Gasteiger partial charge in [-0.25, -0.2) is 4.99 Å². The van der Waals surface area contributed by atoms with E-state index >= 15 is 0 Å². The van der Waals surface area contributed by atoms with Crippen molar-refractivity contribution in [2.75, 3.05) is 53.5 Å². The number of nitrogens with zero attached hydrogens (tertiary/aromatic N) is 3. The minimum atomic E-state index is -0.0666. The number of piperidine rings is 1. The van der Waals surface area contributed by atoms with Crippen LogP contribution in [0.2, 0.25) is 0 Å². The van der Waals surface area contributed by atoms with Gasteiger partial charge in [0.2, 0.25) is 0 Å². The number of carbonyl (C=O) groups excluding carboxylic acids is 1. The number of benzene rings is 1. The van der Waals surface area contributed by atoms with E-state index in [1.807, 2.05) is 19.1 Å². The van der Waals surface area contributed by atoms with Gasteiger partial charge in [-0.15, -0.1) is 24.0 Å². The number of halogens is 1. The molecule has 1 saturated heterocycles. The van der Waals surface area contributed by atoms with E-state index in [0.29, 0.717) is 13.2 Å². The first-order chi connectivity index (χ1) is 14.5. The molecule has 0 aliphatic carbocycles. The highest BCUT2D eigenvalue weighted by molar-refractivity contribution is 14.0. The normalized spacial score (nSPS) is 14.9. The molecule has 0 unspecified atom stereocenters. The van der Waals surface area contributed by atoms with Gasteiger partial charge >= 0.3 is 5.97 Å². The highest BCUT2D eigenvalue weighted by atomic mass is 127. The van der Waals surface area contributed by atoms with Crippen LogP contribution in [-0.4, -0.2) is 75.2 Å². The number of rotatable bonds is 10. The molecule has 1 aliphatic heterocycles. The van der Waals surface area contributed by atoms with Gasteiger partial charge in [0.15, 0.2) is 5.96 Å². The van der Waals surface area contributed by atoms with Gasteiger partial charge < -0.3 is 24.6 Å². The Balaban J connectivity index is 0.00000480. The molecule has 0 bridgehead atoms. The van der Waals surface area contributed by atoms with Gasteiger partial charge in [-0.1, -0.05) is 12.1 Å². The monoisotopic (exact) mass is 546 g/mol. The van der Waals surface area contributed by atoms with Crippen molar-refractivity contribution in [3.8, 4) is 5.75 Å². The first-order valence-corrected chi connectivity index (χ1v) is 11.1. The van der Waals surface area contributed by atoms with Gasteiger partial charge in [0.1, 0.15) is 5.75 Å². The average molecular weight is 546 g/mol. The Kier molecular flexibility index (Phi) is 13.6. The van der Waals surface area contributed by atoms with E-state index in [0.717, 1.165) is 69.3 Å². The zero-order chi connectivity index (χ0) is 21.8. The van der Waals surface area contributed by atoms with Crippen LogP contribution in [0.15, 0.2) is 29.3 Å². The maximum Gasteiger partial charge on any atom is 0.309 e. The number of carbonyl (C=O) groups is 1. The van der Waals surface area contributed by atoms with Crippen molar-refractivity contribution in [1.82, 2.24) is 15.1 Å². The van der Waals surface area contributed by atoms with E-state index in [2.05, 4.69) is 48.3 Å². The number of nitrogens with one attached hydrogen (secondary N) is 1. The van der Waals surface area contributed by atoms with Crippen LogP contribution in [0.4, 0.5) is 0 Å². The number of guanidine groups is 1. The lowest BCUT2D eigenvalue weighted by Gasteiger charge is -2.33. The van der Waals surface area contributed by atoms with E-state index in [-0.39, 0.29) is 35.9 Å². The van der Waals surface area contributed by atoms with Gasteiger partial charge in [0, 0.05) is 26.2 Å². The zero-order valence-electron chi connectivity index (χ0n) is 19.4. The van der Waals surface area contributed by atoms with Gasteiger partial charge in [-0.3, -0.25) is 4.79 Å². The zero-order valence-corrected chi connectivity index (χ0v) is 21.8. The van der Waals surface area contributed by atoms with E-state index in [4.69, 9.17) is 14.5 Å². The summed E-state index contributed by atoms with van der Waals surface area (Å²) in [6.45, 7) is 9.18. The van der Waals surface area contributed by atoms with Crippen LogP contribution >= 0.6 is 24.0 Å². The van der Waals surface area contributed by atoms with Crippen LogP contribution in [0.1, 0.15) is 38.7 Å². The summed E-state index contributed by atoms with van der Waals surface area (Å²) < 4.78 is 11.0. The summed E-state index contributed by atoms with van der Waals surface area (Å²) in [7, 11) is 4.14. The molecule has 0 saturated carbocycles. The molecule has 1 aromatic rings. The topological polar surface area (TPSA) is 66.4 Å². The second-order valence-corrected chi connectivity index (χ2v) is 7.83. The molecule has 2 rings (SSSR count). The second-order valence-electron chi connectivity index (χ2n) is 7.83. The van der Waals surface area contributed by atoms with E-state index in [1.165, 1.54) is 0 Å². The van der Waals surface area contributed by atoms with Gasteiger partial charge in [-0.2, -0.15) is 0 Å². The largest absolute Gasteiger partial charge is 0.494 e. The van der Waals surface area contributed by atoms with Crippen molar-refractivity contribution in [2.45, 2.75) is 39.7 Å². The Morgan fingerprint density at radius 2 is 1.87 bits per heavy atom. The first kappa shape index (κ1) is 27.5. The van der Waals surface area contributed by atoms with E-state index in [1.54, 1.807) is 0 Å². The molecule has 1 aliphatic rings. The Morgan fingerprint density at radius 3 is 2.45 bits per heavy atom. The molecule has 176 valence electrons. The number of hydrogen-bond acceptors (Lipinski definition) is 5. The molecular weight excluding hydrogens is 507 g/mol. The quantitative estimate of drug-likeness (QED) is 0.160. The Bertz CT molecular complexity index is 659. The Morgan fingerprint density at radius 1 is 1.19 bits per heavy atom. The summed E-state index contributed by atoms with van der Waals surface area (Å²) >= 11 is 0. The molecule has 0 atom stereocenters.